The van der Waals surface area contributed by atoms with Gasteiger partial charge in [0.15, 0.2) is 5.60 Å². The van der Waals surface area contributed by atoms with Crippen LogP contribution in [0.2, 0.25) is 0 Å². The van der Waals surface area contributed by atoms with Crippen molar-refractivity contribution < 1.29 is 28.1 Å². The van der Waals surface area contributed by atoms with Crippen LogP contribution in [0.5, 0.6) is 5.75 Å². The van der Waals surface area contributed by atoms with E-state index in [9.17, 15) is 23.4 Å². The number of hydrogen-bond donors (Lipinski definition) is 3. The highest BCUT2D eigenvalue weighted by molar-refractivity contribution is 5.72. The number of nitrogens with two attached hydrogens (primary N) is 1. The molecule has 2 aliphatic heterocycles. The summed E-state index contributed by atoms with van der Waals surface area (Å²) in [6.07, 6.45) is -3.77. The summed E-state index contributed by atoms with van der Waals surface area (Å²) in [5, 5.41) is 20.0. The molecule has 0 bridgehead atoms. The van der Waals surface area contributed by atoms with Gasteiger partial charge in [-0.15, -0.1) is 0 Å². The zero-order chi connectivity index (χ0) is 19.3. The van der Waals surface area contributed by atoms with Crippen LogP contribution in [0.4, 0.5) is 24.5 Å². The molecule has 0 aliphatic carbocycles. The lowest BCUT2D eigenvalue weighted by atomic mass is 9.81. The first-order valence-electron chi connectivity index (χ1n) is 8.72. The second-order valence-electron chi connectivity index (χ2n) is 7.89. The van der Waals surface area contributed by atoms with Gasteiger partial charge in [0.2, 0.25) is 0 Å². The molecule has 1 aromatic rings. The molecule has 1 fully saturated rings. The minimum absolute atomic E-state index is 0.180. The molecule has 1 saturated heterocycles. The van der Waals surface area contributed by atoms with E-state index in [1.54, 1.807) is 19.1 Å². The molecule has 2 atom stereocenters. The first-order chi connectivity index (χ1) is 11.9. The van der Waals surface area contributed by atoms with Crippen LogP contribution in [-0.4, -0.2) is 47.3 Å². The monoisotopic (exact) mass is 374 g/mol. The first-order valence-corrected chi connectivity index (χ1v) is 8.72. The molecule has 0 amide bonds. The SMILES string of the molecule is CC1(O)COc2cc(N3CCC(C(C)(O)C(F)(F)F)CC3)c(N)cc2C1. The molecule has 2 unspecified atom stereocenters. The van der Waals surface area contributed by atoms with Crippen molar-refractivity contribution >= 4 is 11.4 Å². The first kappa shape index (κ1) is 19.1. The van der Waals surface area contributed by atoms with Crippen molar-refractivity contribution in [2.24, 2.45) is 5.92 Å². The number of nitrogens with zero attached hydrogens (tertiary/aromatic N) is 1. The predicted molar refractivity (Wildman–Crippen MR) is 92.3 cm³/mol. The summed E-state index contributed by atoms with van der Waals surface area (Å²) in [7, 11) is 0. The zero-order valence-electron chi connectivity index (χ0n) is 14.9. The third-order valence-corrected chi connectivity index (χ3v) is 5.52. The number of piperidine rings is 1. The lowest BCUT2D eigenvalue weighted by molar-refractivity contribution is -0.273. The molecule has 0 aromatic heterocycles. The lowest BCUT2D eigenvalue weighted by Crippen LogP contribution is -2.52. The van der Waals surface area contributed by atoms with Gasteiger partial charge in [0.05, 0.1) is 17.0 Å². The van der Waals surface area contributed by atoms with Crippen molar-refractivity contribution in [2.45, 2.75) is 50.5 Å². The number of aliphatic hydroxyl groups is 2. The van der Waals surface area contributed by atoms with Crippen molar-refractivity contribution in [3.8, 4) is 5.75 Å². The third-order valence-electron chi connectivity index (χ3n) is 5.52. The molecule has 2 heterocycles. The van der Waals surface area contributed by atoms with E-state index in [1.807, 2.05) is 4.90 Å². The van der Waals surface area contributed by atoms with Crippen molar-refractivity contribution in [2.75, 3.05) is 30.3 Å². The molecule has 0 spiro atoms. The Kier molecular flexibility index (Phi) is 4.55. The molecule has 0 radical (unpaired) electrons. The van der Waals surface area contributed by atoms with Crippen molar-refractivity contribution in [3.05, 3.63) is 17.7 Å². The average Bonchev–Trinajstić information content (AvgIpc) is 2.52. The lowest BCUT2D eigenvalue weighted by Gasteiger charge is -2.41. The fourth-order valence-electron chi connectivity index (χ4n) is 3.79. The molecule has 8 heteroatoms. The number of anilines is 2. The normalized spacial score (nSPS) is 26.8. The van der Waals surface area contributed by atoms with Gasteiger partial charge in [0.1, 0.15) is 12.4 Å². The van der Waals surface area contributed by atoms with Gasteiger partial charge in [-0.1, -0.05) is 0 Å². The van der Waals surface area contributed by atoms with Gasteiger partial charge < -0.3 is 25.6 Å². The summed E-state index contributed by atoms with van der Waals surface area (Å²) in [6, 6.07) is 3.55. The molecule has 146 valence electrons. The third kappa shape index (κ3) is 3.44. The van der Waals surface area contributed by atoms with Gasteiger partial charge in [0, 0.05) is 25.6 Å². The van der Waals surface area contributed by atoms with Gasteiger partial charge in [-0.05, 0) is 44.2 Å². The van der Waals surface area contributed by atoms with Crippen molar-refractivity contribution in [3.63, 3.8) is 0 Å². The maximum Gasteiger partial charge on any atom is 0.417 e. The number of alkyl halides is 3. The molecule has 5 nitrogen and oxygen atoms in total. The fourth-order valence-corrected chi connectivity index (χ4v) is 3.79. The minimum Gasteiger partial charge on any atom is -0.490 e. The van der Waals surface area contributed by atoms with E-state index in [0.717, 1.165) is 18.2 Å². The second kappa shape index (κ2) is 6.20. The Balaban J connectivity index is 1.75. The Labute approximate surface area is 150 Å². The van der Waals surface area contributed by atoms with Crippen LogP contribution in [0.1, 0.15) is 32.3 Å². The topological polar surface area (TPSA) is 79.0 Å². The number of hydrogen-bond acceptors (Lipinski definition) is 5. The summed E-state index contributed by atoms with van der Waals surface area (Å²) in [5.74, 6) is -0.200. The fraction of sp³-hybridized carbons (Fsp3) is 0.667. The number of fused-ring (bicyclic) bond motifs is 1. The highest BCUT2D eigenvalue weighted by atomic mass is 19.4. The van der Waals surface area contributed by atoms with E-state index in [1.165, 1.54) is 0 Å². The van der Waals surface area contributed by atoms with E-state index < -0.39 is 23.3 Å². The Morgan fingerprint density at radius 2 is 1.88 bits per heavy atom. The number of benzene rings is 1. The summed E-state index contributed by atoms with van der Waals surface area (Å²) in [4.78, 5) is 1.93. The van der Waals surface area contributed by atoms with Crippen LogP contribution in [0.25, 0.3) is 0 Å². The van der Waals surface area contributed by atoms with Gasteiger partial charge in [-0.25, -0.2) is 0 Å². The molecule has 26 heavy (non-hydrogen) atoms. The Morgan fingerprint density at radius 1 is 1.27 bits per heavy atom. The quantitative estimate of drug-likeness (QED) is 0.693. The number of rotatable bonds is 2. The smallest absolute Gasteiger partial charge is 0.417 e. The van der Waals surface area contributed by atoms with Crippen LogP contribution in [-0.2, 0) is 6.42 Å². The molecular weight excluding hydrogens is 349 g/mol. The van der Waals surface area contributed by atoms with Gasteiger partial charge in [-0.3, -0.25) is 0 Å². The van der Waals surface area contributed by atoms with Crippen LogP contribution >= 0.6 is 0 Å². The highest BCUT2D eigenvalue weighted by Gasteiger charge is 2.55. The maximum atomic E-state index is 13.0. The number of ether oxygens (including phenoxy) is 1. The van der Waals surface area contributed by atoms with Crippen LogP contribution in [0.15, 0.2) is 12.1 Å². The molecule has 4 N–H and O–H groups in total. The van der Waals surface area contributed by atoms with Crippen LogP contribution in [0.3, 0.4) is 0 Å². The summed E-state index contributed by atoms with van der Waals surface area (Å²) in [6.45, 7) is 3.47. The maximum absolute atomic E-state index is 13.0. The summed E-state index contributed by atoms with van der Waals surface area (Å²) in [5.41, 5.74) is 4.56. The van der Waals surface area contributed by atoms with Gasteiger partial charge in [-0.2, -0.15) is 13.2 Å². The molecule has 3 rings (SSSR count). The standard InChI is InChI=1S/C18H25F3N2O3/c1-16(24)9-11-7-13(22)14(8-15(11)26-10-16)23-5-3-12(4-6-23)17(2,25)18(19,20)21/h7-8,12,24-25H,3-6,9-10,22H2,1-2H3. The summed E-state index contributed by atoms with van der Waals surface area (Å²) >= 11 is 0. The zero-order valence-corrected chi connectivity index (χ0v) is 14.9. The molecule has 2 aliphatic rings. The van der Waals surface area contributed by atoms with Gasteiger partial charge >= 0.3 is 6.18 Å². The molecule has 0 saturated carbocycles. The van der Waals surface area contributed by atoms with Gasteiger partial charge in [0.25, 0.3) is 0 Å². The Hall–Kier alpha value is -1.67. The van der Waals surface area contributed by atoms with E-state index >= 15 is 0 Å². The number of nitrogen functional groups attached to an aromatic ring is 1. The van der Waals surface area contributed by atoms with E-state index in [2.05, 4.69) is 0 Å². The average molecular weight is 374 g/mol. The highest BCUT2D eigenvalue weighted by Crippen LogP contribution is 2.43. The Bertz CT molecular complexity index is 681. The molecular formula is C18H25F3N2O3. The van der Waals surface area contributed by atoms with Crippen LogP contribution in [0, 0.1) is 5.92 Å². The minimum atomic E-state index is -4.64. The van der Waals surface area contributed by atoms with Crippen molar-refractivity contribution in [1.82, 2.24) is 0 Å². The molecule has 1 aromatic carbocycles. The predicted octanol–water partition coefficient (Wildman–Crippen LogP) is 2.48. The summed E-state index contributed by atoms with van der Waals surface area (Å²) < 4.78 is 44.7. The van der Waals surface area contributed by atoms with Crippen molar-refractivity contribution in [1.29, 1.82) is 0 Å². The van der Waals surface area contributed by atoms with Crippen LogP contribution < -0.4 is 15.4 Å². The number of halogens is 3. The van der Waals surface area contributed by atoms with E-state index in [0.29, 0.717) is 30.9 Å². The van der Waals surface area contributed by atoms with E-state index in [4.69, 9.17) is 10.5 Å². The largest absolute Gasteiger partial charge is 0.490 e. The Morgan fingerprint density at radius 3 is 2.46 bits per heavy atom. The second-order valence-corrected chi connectivity index (χ2v) is 7.89. The van der Waals surface area contributed by atoms with E-state index in [-0.39, 0.29) is 19.4 Å².